The van der Waals surface area contributed by atoms with Gasteiger partial charge in [-0.2, -0.15) is 10.2 Å². The number of aromatic nitrogens is 3. The molecular weight excluding hydrogens is 386 g/mol. The van der Waals surface area contributed by atoms with Crippen LogP contribution in [0, 0.1) is 17.2 Å². The Bertz CT molecular complexity index is 1100. The summed E-state index contributed by atoms with van der Waals surface area (Å²) in [6.07, 6.45) is 7.03. The molecule has 1 aliphatic carbocycles. The van der Waals surface area contributed by atoms with Crippen molar-refractivity contribution >= 4 is 17.1 Å². The van der Waals surface area contributed by atoms with E-state index in [1.165, 1.54) is 6.20 Å². The molecule has 0 N–H and O–H groups in total. The summed E-state index contributed by atoms with van der Waals surface area (Å²) in [5.74, 6) is 1.70. The first kappa shape index (κ1) is 18.6. The molecule has 1 saturated carbocycles. The molecule has 5 rings (SSSR count). The van der Waals surface area contributed by atoms with E-state index < -0.39 is 0 Å². The van der Waals surface area contributed by atoms with Gasteiger partial charge in [-0.15, -0.1) is 0 Å². The number of nitrogens with zero attached hydrogens (tertiary/aromatic N) is 5. The molecule has 9 nitrogen and oxygen atoms in total. The molecule has 0 aromatic carbocycles. The van der Waals surface area contributed by atoms with Crippen LogP contribution in [0.3, 0.4) is 0 Å². The first-order chi connectivity index (χ1) is 14.7. The first-order valence-electron chi connectivity index (χ1n) is 10.3. The van der Waals surface area contributed by atoms with Crippen LogP contribution in [-0.2, 0) is 11.2 Å². The number of carbonyl (C=O) groups is 1. The van der Waals surface area contributed by atoms with Crippen molar-refractivity contribution in [2.45, 2.75) is 44.6 Å². The summed E-state index contributed by atoms with van der Waals surface area (Å²) in [6.45, 7) is 1.38. The topological polar surface area (TPSA) is 118 Å². The molecule has 9 heteroatoms. The summed E-state index contributed by atoms with van der Waals surface area (Å²) < 4.78 is 16.6. The molecule has 3 aromatic heterocycles. The van der Waals surface area contributed by atoms with Crippen LogP contribution in [0.5, 0.6) is 0 Å². The lowest BCUT2D eigenvalue weighted by Gasteiger charge is -2.33. The Morgan fingerprint density at radius 2 is 2.13 bits per heavy atom. The Hall–Kier alpha value is -3.41. The first-order valence-corrected chi connectivity index (χ1v) is 10.3. The van der Waals surface area contributed by atoms with Gasteiger partial charge in [0.15, 0.2) is 17.3 Å². The van der Waals surface area contributed by atoms with Crippen molar-refractivity contribution in [2.75, 3.05) is 13.1 Å². The van der Waals surface area contributed by atoms with E-state index in [9.17, 15) is 10.1 Å². The quantitative estimate of drug-likeness (QED) is 0.642. The van der Waals surface area contributed by atoms with E-state index in [0.29, 0.717) is 53.7 Å². The average Bonchev–Trinajstić information content (AvgIpc) is 3.37. The Kier molecular flexibility index (Phi) is 4.83. The molecule has 154 valence electrons. The summed E-state index contributed by atoms with van der Waals surface area (Å²) in [5.41, 5.74) is 0.849. The van der Waals surface area contributed by atoms with Crippen LogP contribution >= 0.6 is 0 Å². The van der Waals surface area contributed by atoms with E-state index >= 15 is 0 Å². The second kappa shape index (κ2) is 7.78. The minimum Gasteiger partial charge on any atom is -0.451 e. The zero-order valence-corrected chi connectivity index (χ0v) is 16.4. The Balaban J connectivity index is 1.20. The van der Waals surface area contributed by atoms with Gasteiger partial charge in [-0.3, -0.25) is 0 Å². The monoisotopic (exact) mass is 407 g/mol. The van der Waals surface area contributed by atoms with Gasteiger partial charge < -0.3 is 18.6 Å². The summed E-state index contributed by atoms with van der Waals surface area (Å²) in [5, 5.41) is 13.9. The van der Waals surface area contributed by atoms with Gasteiger partial charge in [0, 0.05) is 31.8 Å². The number of nitriles is 1. The highest BCUT2D eigenvalue weighted by atomic mass is 16.6. The Morgan fingerprint density at radius 3 is 2.87 bits per heavy atom. The van der Waals surface area contributed by atoms with Gasteiger partial charge in [-0.1, -0.05) is 5.16 Å². The summed E-state index contributed by atoms with van der Waals surface area (Å²) in [7, 11) is 0. The second-order valence-electron chi connectivity index (χ2n) is 7.88. The van der Waals surface area contributed by atoms with Crippen LogP contribution in [0.4, 0.5) is 4.79 Å². The van der Waals surface area contributed by atoms with Crippen LogP contribution in [0.2, 0.25) is 0 Å². The molecule has 0 unspecified atom stereocenters. The molecular formula is C21H21N5O4. The zero-order chi connectivity index (χ0) is 20.5. The minimum absolute atomic E-state index is 0.117. The summed E-state index contributed by atoms with van der Waals surface area (Å²) >= 11 is 0. The second-order valence-corrected chi connectivity index (χ2v) is 7.88. The van der Waals surface area contributed by atoms with E-state index in [0.717, 1.165) is 32.1 Å². The van der Waals surface area contributed by atoms with Crippen molar-refractivity contribution in [2.24, 2.45) is 5.92 Å². The number of pyridine rings is 1. The number of hydrogen-bond donors (Lipinski definition) is 0. The van der Waals surface area contributed by atoms with Gasteiger partial charge in [0.25, 0.3) is 5.89 Å². The molecule has 4 heterocycles. The minimum atomic E-state index is -0.184. The highest BCUT2D eigenvalue weighted by Crippen LogP contribution is 2.29. The van der Waals surface area contributed by atoms with Crippen molar-refractivity contribution < 1.29 is 18.5 Å². The fourth-order valence-corrected chi connectivity index (χ4v) is 3.88. The third-order valence-electron chi connectivity index (χ3n) is 5.89. The molecule has 2 fully saturated rings. The molecule has 3 aromatic rings. The smallest absolute Gasteiger partial charge is 0.410 e. The van der Waals surface area contributed by atoms with Crippen LogP contribution < -0.4 is 0 Å². The molecule has 1 amide bonds. The number of hydrogen-bond acceptors (Lipinski definition) is 8. The van der Waals surface area contributed by atoms with Gasteiger partial charge in [-0.05, 0) is 44.1 Å². The standard InChI is InChI=1S/C21H21N5O4/c22-12-16-15-11-18(29-17(15)4-7-23-16)20-24-19(25-30-20)10-13-5-8-26(9-6-13)21(27)28-14-2-1-3-14/h4,7,11,13-14H,1-3,5-6,8-10H2. The van der Waals surface area contributed by atoms with Gasteiger partial charge >= 0.3 is 6.09 Å². The number of carbonyl (C=O) groups excluding carboxylic acids is 1. The highest BCUT2D eigenvalue weighted by Gasteiger charge is 2.29. The fraction of sp³-hybridized carbons (Fsp3) is 0.476. The number of rotatable bonds is 4. The molecule has 30 heavy (non-hydrogen) atoms. The van der Waals surface area contributed by atoms with Gasteiger partial charge in [0.05, 0.1) is 5.39 Å². The Morgan fingerprint density at radius 1 is 1.30 bits per heavy atom. The third kappa shape index (κ3) is 3.61. The zero-order valence-electron chi connectivity index (χ0n) is 16.4. The largest absolute Gasteiger partial charge is 0.451 e. The predicted molar refractivity (Wildman–Crippen MR) is 104 cm³/mol. The van der Waals surface area contributed by atoms with E-state index in [-0.39, 0.29) is 18.1 Å². The van der Waals surface area contributed by atoms with Gasteiger partial charge in [0.2, 0.25) is 0 Å². The van der Waals surface area contributed by atoms with E-state index in [1.807, 2.05) is 6.07 Å². The number of likely N-dealkylation sites (tertiary alicyclic amines) is 1. The fourth-order valence-electron chi connectivity index (χ4n) is 3.88. The maximum atomic E-state index is 12.2. The van der Waals surface area contributed by atoms with Crippen LogP contribution in [0.25, 0.3) is 22.6 Å². The molecule has 0 spiro atoms. The molecule has 2 aliphatic rings. The summed E-state index contributed by atoms with van der Waals surface area (Å²) in [4.78, 5) is 22.5. The maximum Gasteiger partial charge on any atom is 0.410 e. The number of amides is 1. The van der Waals surface area contributed by atoms with E-state index in [1.54, 1.807) is 17.0 Å². The normalized spacial score (nSPS) is 17.6. The van der Waals surface area contributed by atoms with Gasteiger partial charge in [0.1, 0.15) is 17.8 Å². The van der Waals surface area contributed by atoms with Crippen molar-refractivity contribution in [3.05, 3.63) is 29.8 Å². The molecule has 1 aliphatic heterocycles. The SMILES string of the molecule is N#Cc1nccc2oc(-c3nc(CC4CCN(C(=O)OC5CCC5)CC4)no3)cc12. The van der Waals surface area contributed by atoms with Crippen molar-refractivity contribution in [3.63, 3.8) is 0 Å². The predicted octanol–water partition coefficient (Wildman–Crippen LogP) is 3.69. The lowest BCUT2D eigenvalue weighted by molar-refractivity contribution is 0.0205. The van der Waals surface area contributed by atoms with Crippen LogP contribution in [-0.4, -0.2) is 45.3 Å². The molecule has 0 radical (unpaired) electrons. The lowest BCUT2D eigenvalue weighted by Crippen LogP contribution is -2.41. The number of fused-ring (bicyclic) bond motifs is 1. The van der Waals surface area contributed by atoms with Gasteiger partial charge in [-0.25, -0.2) is 9.78 Å². The van der Waals surface area contributed by atoms with E-state index in [2.05, 4.69) is 15.1 Å². The van der Waals surface area contributed by atoms with Crippen molar-refractivity contribution in [1.29, 1.82) is 5.26 Å². The molecule has 1 saturated heterocycles. The number of ether oxygens (including phenoxy) is 1. The van der Waals surface area contributed by atoms with Crippen molar-refractivity contribution in [3.8, 4) is 17.7 Å². The van der Waals surface area contributed by atoms with Crippen LogP contribution in [0.15, 0.2) is 27.3 Å². The van der Waals surface area contributed by atoms with E-state index in [4.69, 9.17) is 13.7 Å². The van der Waals surface area contributed by atoms with Crippen LogP contribution in [0.1, 0.15) is 43.6 Å². The lowest BCUT2D eigenvalue weighted by atomic mass is 9.93. The summed E-state index contributed by atoms with van der Waals surface area (Å²) in [6, 6.07) is 5.44. The molecule has 0 bridgehead atoms. The average molecular weight is 407 g/mol. The molecule has 0 atom stereocenters. The van der Waals surface area contributed by atoms with Crippen molar-refractivity contribution in [1.82, 2.24) is 20.0 Å². The highest BCUT2D eigenvalue weighted by molar-refractivity contribution is 5.85. The maximum absolute atomic E-state index is 12.2. The number of piperidine rings is 1. The Labute approximate surface area is 172 Å². The number of furan rings is 1. The third-order valence-corrected chi connectivity index (χ3v) is 5.89.